The Labute approximate surface area is 296 Å². The summed E-state index contributed by atoms with van der Waals surface area (Å²) in [5, 5.41) is 0. The van der Waals surface area contributed by atoms with Crippen LogP contribution in [0, 0.1) is 0 Å². The molecule has 0 bridgehead atoms. The first kappa shape index (κ1) is 43.7. The molecule has 1 aromatic rings. The van der Waals surface area contributed by atoms with Crippen LogP contribution in [0.25, 0.3) is 0 Å². The van der Waals surface area contributed by atoms with Crippen molar-refractivity contribution >= 4 is 11.9 Å². The molecule has 1 rings (SSSR count). The Balaban J connectivity index is 2.02. The molecule has 0 amide bonds. The minimum atomic E-state index is -0.149. The fourth-order valence-corrected chi connectivity index (χ4v) is 6.10. The van der Waals surface area contributed by atoms with E-state index < -0.39 is 0 Å². The van der Waals surface area contributed by atoms with E-state index in [1.54, 1.807) is 0 Å². The lowest BCUT2D eigenvalue weighted by molar-refractivity contribution is -0.146. The van der Waals surface area contributed by atoms with Crippen LogP contribution in [0.3, 0.4) is 0 Å². The van der Waals surface area contributed by atoms with Crippen molar-refractivity contribution < 1.29 is 19.1 Å². The topological polar surface area (TPSA) is 57.5 Å². The van der Waals surface area contributed by atoms with Gasteiger partial charge in [0.1, 0.15) is 13.2 Å². The third kappa shape index (κ3) is 27.6. The van der Waals surface area contributed by atoms with Crippen LogP contribution in [0.15, 0.2) is 36.7 Å². The molecular formula is C43H75NO4. The smallest absolute Gasteiger partial charge is 0.306 e. The van der Waals surface area contributed by atoms with Gasteiger partial charge >= 0.3 is 11.9 Å². The van der Waals surface area contributed by atoms with Gasteiger partial charge in [0.05, 0.1) is 0 Å². The van der Waals surface area contributed by atoms with Crippen LogP contribution in [-0.4, -0.2) is 16.5 Å². The molecule has 0 aliphatic carbocycles. The van der Waals surface area contributed by atoms with Gasteiger partial charge in [0, 0.05) is 43.4 Å². The van der Waals surface area contributed by atoms with Gasteiger partial charge in [-0.15, -0.1) is 0 Å². The Kier molecular flexibility index (Phi) is 30.2. The number of ether oxygens (including phenoxy) is 2. The average Bonchev–Trinajstić information content (AvgIpc) is 3.45. The van der Waals surface area contributed by atoms with Crippen LogP contribution in [0.4, 0.5) is 0 Å². The zero-order valence-corrected chi connectivity index (χ0v) is 31.8. The lowest BCUT2D eigenvalue weighted by atomic mass is 10.1. The van der Waals surface area contributed by atoms with Crippen molar-refractivity contribution in [2.75, 3.05) is 0 Å². The maximum atomic E-state index is 12.3. The lowest BCUT2D eigenvalue weighted by Gasteiger charge is -2.08. The zero-order chi connectivity index (χ0) is 34.8. The minimum absolute atomic E-state index is 0.149. The molecule has 1 aromatic heterocycles. The average molecular weight is 670 g/mol. The van der Waals surface area contributed by atoms with Crippen molar-refractivity contribution in [1.82, 2.24) is 4.57 Å². The van der Waals surface area contributed by atoms with Gasteiger partial charge in [0.15, 0.2) is 0 Å². The number of carbonyl (C=O) groups excluding carboxylic acids is 2. The quantitative estimate of drug-likeness (QED) is 0.0416. The van der Waals surface area contributed by atoms with Crippen LogP contribution >= 0.6 is 0 Å². The molecule has 0 saturated heterocycles. The van der Waals surface area contributed by atoms with Gasteiger partial charge in [-0.1, -0.05) is 141 Å². The van der Waals surface area contributed by atoms with E-state index in [0.29, 0.717) is 12.8 Å². The van der Waals surface area contributed by atoms with E-state index in [4.69, 9.17) is 9.47 Å². The molecule has 0 saturated carbocycles. The molecule has 0 spiro atoms. The second-order valence-electron chi connectivity index (χ2n) is 14.0. The SMILES string of the molecule is CCCCCCCC/C=C\CCCCCCCC(=O)OCc1cn(C)cc1COC(=O)CCCCCCC/C=C\CCCCCCCC. The lowest BCUT2D eigenvalue weighted by Crippen LogP contribution is -2.07. The number of hydrogen-bond donors (Lipinski definition) is 0. The number of rotatable bonds is 34. The van der Waals surface area contributed by atoms with Crippen molar-refractivity contribution in [2.45, 2.75) is 207 Å². The van der Waals surface area contributed by atoms with Crippen LogP contribution in [0.5, 0.6) is 0 Å². The standard InChI is InChI=1S/C43H75NO4/c1-4-6-8-10-12-14-16-18-20-22-24-26-28-30-32-34-42(45)47-38-40-36-44(3)37-41(40)39-48-43(46)35-33-31-29-27-25-23-21-19-17-15-13-11-9-7-5-2/h18-21,36-37H,4-17,22-35,38-39H2,1-3H3/b20-18-,21-19-. The highest BCUT2D eigenvalue weighted by molar-refractivity contribution is 5.69. The Morgan fingerprint density at radius 1 is 0.479 bits per heavy atom. The molecule has 0 unspecified atom stereocenters. The van der Waals surface area contributed by atoms with Crippen molar-refractivity contribution in [1.29, 1.82) is 0 Å². The fraction of sp³-hybridized carbons (Fsp3) is 0.767. The first-order valence-corrected chi connectivity index (χ1v) is 20.3. The number of carbonyl (C=O) groups is 2. The zero-order valence-electron chi connectivity index (χ0n) is 31.8. The summed E-state index contributed by atoms with van der Waals surface area (Å²) in [5.41, 5.74) is 1.81. The van der Waals surface area contributed by atoms with Crippen molar-refractivity contribution in [3.05, 3.63) is 47.8 Å². The van der Waals surface area contributed by atoms with Crippen molar-refractivity contribution in [3.8, 4) is 0 Å². The molecule has 5 nitrogen and oxygen atoms in total. The summed E-state index contributed by atoms with van der Waals surface area (Å²) in [5.74, 6) is -0.299. The Bertz CT molecular complexity index is 873. The van der Waals surface area contributed by atoms with E-state index >= 15 is 0 Å². The van der Waals surface area contributed by atoms with Gasteiger partial charge in [0.25, 0.3) is 0 Å². The summed E-state index contributed by atoms with van der Waals surface area (Å²) in [4.78, 5) is 24.7. The summed E-state index contributed by atoms with van der Waals surface area (Å²) < 4.78 is 13.1. The molecule has 276 valence electrons. The van der Waals surface area contributed by atoms with Gasteiger partial charge < -0.3 is 14.0 Å². The molecule has 5 heteroatoms. The summed E-state index contributed by atoms with van der Waals surface area (Å²) in [6, 6.07) is 0. The third-order valence-electron chi connectivity index (χ3n) is 9.19. The molecule has 0 radical (unpaired) electrons. The van der Waals surface area contributed by atoms with Gasteiger partial charge in [-0.05, 0) is 64.2 Å². The third-order valence-corrected chi connectivity index (χ3v) is 9.19. The maximum absolute atomic E-state index is 12.3. The number of nitrogens with zero attached hydrogens (tertiary/aromatic N) is 1. The van der Waals surface area contributed by atoms with E-state index in [1.165, 1.54) is 141 Å². The van der Waals surface area contributed by atoms with E-state index in [1.807, 2.05) is 24.0 Å². The number of aromatic nitrogens is 1. The van der Waals surface area contributed by atoms with Gasteiger partial charge in [-0.2, -0.15) is 0 Å². The highest BCUT2D eigenvalue weighted by Gasteiger charge is 2.12. The highest BCUT2D eigenvalue weighted by atomic mass is 16.5. The van der Waals surface area contributed by atoms with Crippen LogP contribution < -0.4 is 0 Å². The highest BCUT2D eigenvalue weighted by Crippen LogP contribution is 2.16. The fourth-order valence-electron chi connectivity index (χ4n) is 6.10. The molecule has 0 N–H and O–H groups in total. The van der Waals surface area contributed by atoms with E-state index in [9.17, 15) is 9.59 Å². The number of aryl methyl sites for hydroxylation is 1. The monoisotopic (exact) mass is 670 g/mol. The Morgan fingerprint density at radius 2 is 0.771 bits per heavy atom. The first-order chi connectivity index (χ1) is 23.6. The Hall–Kier alpha value is -2.30. The van der Waals surface area contributed by atoms with Crippen LogP contribution in [0.2, 0.25) is 0 Å². The second kappa shape index (κ2) is 33.2. The van der Waals surface area contributed by atoms with E-state index in [0.717, 1.165) is 36.8 Å². The molecule has 0 aromatic carbocycles. The summed E-state index contributed by atoms with van der Waals surface area (Å²) in [6.45, 7) is 4.99. The first-order valence-electron chi connectivity index (χ1n) is 20.3. The molecule has 0 aliphatic heterocycles. The predicted molar refractivity (Wildman–Crippen MR) is 204 cm³/mol. The summed E-state index contributed by atoms with van der Waals surface area (Å²) in [7, 11) is 1.94. The minimum Gasteiger partial charge on any atom is -0.461 e. The van der Waals surface area contributed by atoms with Crippen molar-refractivity contribution in [2.24, 2.45) is 7.05 Å². The number of allylic oxidation sites excluding steroid dienone is 4. The summed E-state index contributed by atoms with van der Waals surface area (Å²) >= 11 is 0. The number of unbranched alkanes of at least 4 members (excludes halogenated alkanes) is 22. The molecule has 48 heavy (non-hydrogen) atoms. The number of esters is 2. The molecule has 0 fully saturated rings. The molecular weight excluding hydrogens is 594 g/mol. The maximum Gasteiger partial charge on any atom is 0.306 e. The van der Waals surface area contributed by atoms with Crippen LogP contribution in [-0.2, 0) is 39.3 Å². The van der Waals surface area contributed by atoms with E-state index in [2.05, 4.69) is 38.2 Å². The van der Waals surface area contributed by atoms with Gasteiger partial charge in [-0.25, -0.2) is 0 Å². The van der Waals surface area contributed by atoms with Crippen LogP contribution in [0.1, 0.15) is 205 Å². The number of hydrogen-bond acceptors (Lipinski definition) is 4. The van der Waals surface area contributed by atoms with E-state index in [-0.39, 0.29) is 25.2 Å². The predicted octanol–water partition coefficient (Wildman–Crippen LogP) is 13.2. The largest absolute Gasteiger partial charge is 0.461 e. The van der Waals surface area contributed by atoms with Gasteiger partial charge in [0.2, 0.25) is 0 Å². The normalized spacial score (nSPS) is 11.6. The molecule has 0 atom stereocenters. The molecule has 1 heterocycles. The molecule has 0 aliphatic rings. The van der Waals surface area contributed by atoms with Gasteiger partial charge in [-0.3, -0.25) is 9.59 Å². The van der Waals surface area contributed by atoms with Crippen molar-refractivity contribution in [3.63, 3.8) is 0 Å². The second-order valence-corrected chi connectivity index (χ2v) is 14.0. The summed E-state index contributed by atoms with van der Waals surface area (Å²) in [6.07, 6.45) is 46.5. The Morgan fingerprint density at radius 3 is 1.10 bits per heavy atom.